The lowest BCUT2D eigenvalue weighted by Crippen LogP contribution is -2.48. The monoisotopic (exact) mass is 389 g/mol. The van der Waals surface area contributed by atoms with Crippen molar-refractivity contribution in [2.45, 2.75) is 38.0 Å². The Hall–Kier alpha value is -2.89. The molecule has 1 amide bonds. The van der Waals surface area contributed by atoms with E-state index in [0.29, 0.717) is 5.69 Å². The second-order valence-electron chi connectivity index (χ2n) is 8.82. The van der Waals surface area contributed by atoms with E-state index in [4.69, 9.17) is 4.98 Å². The van der Waals surface area contributed by atoms with E-state index in [1.54, 1.807) is 0 Å². The molecule has 0 saturated carbocycles. The molecule has 1 fully saturated rings. The Kier molecular flexibility index (Phi) is 4.12. The molecule has 1 aromatic carbocycles. The van der Waals surface area contributed by atoms with Crippen LogP contribution >= 0.6 is 0 Å². The normalized spacial score (nSPS) is 21.0. The van der Waals surface area contributed by atoms with Gasteiger partial charge in [-0.05, 0) is 56.4 Å². The van der Waals surface area contributed by atoms with Gasteiger partial charge < -0.3 is 14.8 Å². The molecule has 3 heterocycles. The number of rotatable bonds is 2. The molecule has 0 radical (unpaired) electrons. The molecule has 5 rings (SSSR count). The van der Waals surface area contributed by atoms with Crippen molar-refractivity contribution in [1.82, 2.24) is 19.9 Å². The molecule has 6 heteroatoms. The number of nitrogens with zero attached hydrogens (tertiary/aromatic N) is 4. The Bertz CT molecular complexity index is 1100. The Morgan fingerprint density at radius 3 is 2.93 bits per heavy atom. The molecule has 1 N–H and O–H groups in total. The van der Waals surface area contributed by atoms with Crippen molar-refractivity contribution in [1.29, 1.82) is 0 Å². The summed E-state index contributed by atoms with van der Waals surface area (Å²) in [7, 11) is 3.94. The van der Waals surface area contributed by atoms with Crippen molar-refractivity contribution in [3.63, 3.8) is 0 Å². The SMILES string of the molecule is Cc1ccc2[nH]c(C(=O)N3CCCC4(CCc5cnc(N(C)C)nc54)C3)cc2c1. The van der Waals surface area contributed by atoms with Crippen molar-refractivity contribution in [3.05, 3.63) is 53.0 Å². The number of anilines is 1. The van der Waals surface area contributed by atoms with Crippen LogP contribution < -0.4 is 4.90 Å². The second-order valence-corrected chi connectivity index (χ2v) is 8.82. The molecule has 1 saturated heterocycles. The molecular weight excluding hydrogens is 362 g/mol. The lowest BCUT2D eigenvalue weighted by Gasteiger charge is -2.40. The quantitative estimate of drug-likeness (QED) is 0.729. The van der Waals surface area contributed by atoms with E-state index in [9.17, 15) is 4.79 Å². The molecule has 1 unspecified atom stereocenters. The Labute approximate surface area is 171 Å². The molecule has 29 heavy (non-hydrogen) atoms. The molecule has 3 aromatic rings. The van der Waals surface area contributed by atoms with Crippen molar-refractivity contribution in [3.8, 4) is 0 Å². The first kappa shape index (κ1) is 18.2. The van der Waals surface area contributed by atoms with Crippen LogP contribution in [0.25, 0.3) is 10.9 Å². The minimum Gasteiger partial charge on any atom is -0.351 e. The number of piperidine rings is 1. The number of nitrogens with one attached hydrogen (secondary N) is 1. The highest BCUT2D eigenvalue weighted by molar-refractivity contribution is 5.98. The first-order valence-electron chi connectivity index (χ1n) is 10.4. The summed E-state index contributed by atoms with van der Waals surface area (Å²) in [5.41, 5.74) is 5.25. The van der Waals surface area contributed by atoms with Gasteiger partial charge in [-0.25, -0.2) is 9.97 Å². The summed E-state index contributed by atoms with van der Waals surface area (Å²) in [6.45, 7) is 3.61. The molecule has 2 aliphatic rings. The van der Waals surface area contributed by atoms with Crippen molar-refractivity contribution in [2.75, 3.05) is 32.1 Å². The maximum atomic E-state index is 13.3. The number of aryl methyl sites for hydroxylation is 2. The summed E-state index contributed by atoms with van der Waals surface area (Å²) in [6, 6.07) is 8.22. The van der Waals surface area contributed by atoms with Crippen LogP contribution in [0.15, 0.2) is 30.5 Å². The molecule has 2 aromatic heterocycles. The maximum absolute atomic E-state index is 13.3. The van der Waals surface area contributed by atoms with Crippen molar-refractivity contribution in [2.24, 2.45) is 0 Å². The predicted molar refractivity (Wildman–Crippen MR) is 115 cm³/mol. The van der Waals surface area contributed by atoms with E-state index in [-0.39, 0.29) is 11.3 Å². The number of carbonyl (C=O) groups excluding carboxylic acids is 1. The number of H-pyrrole nitrogens is 1. The number of aromatic nitrogens is 3. The Morgan fingerprint density at radius 2 is 2.10 bits per heavy atom. The largest absolute Gasteiger partial charge is 0.351 e. The van der Waals surface area contributed by atoms with Gasteiger partial charge in [0.1, 0.15) is 5.69 Å². The van der Waals surface area contributed by atoms with Crippen LogP contribution in [0.3, 0.4) is 0 Å². The molecular formula is C23H27N5O. The Morgan fingerprint density at radius 1 is 1.24 bits per heavy atom. The van der Waals surface area contributed by atoms with Gasteiger partial charge in [-0.1, -0.05) is 11.6 Å². The third-order valence-corrected chi connectivity index (χ3v) is 6.50. The van der Waals surface area contributed by atoms with Gasteiger partial charge in [0, 0.05) is 49.7 Å². The van der Waals surface area contributed by atoms with Crippen LogP contribution in [0.1, 0.15) is 46.6 Å². The molecule has 1 aliphatic heterocycles. The second kappa shape index (κ2) is 6.58. The standard InChI is InChI=1S/C23H27N5O/c1-15-5-6-18-17(11-15)12-19(25-18)21(29)28-10-4-8-23(14-28)9-7-16-13-24-22(27(2)3)26-20(16)23/h5-6,11-13,25H,4,7-10,14H2,1-3H3. The van der Waals surface area contributed by atoms with Gasteiger partial charge >= 0.3 is 0 Å². The molecule has 1 aliphatic carbocycles. The van der Waals surface area contributed by atoms with Gasteiger partial charge in [0.15, 0.2) is 0 Å². The van der Waals surface area contributed by atoms with Gasteiger partial charge in [0.05, 0.1) is 5.69 Å². The van der Waals surface area contributed by atoms with Crippen molar-refractivity contribution >= 4 is 22.8 Å². The van der Waals surface area contributed by atoms with Crippen LogP contribution in [-0.4, -0.2) is 52.9 Å². The van der Waals surface area contributed by atoms with E-state index in [1.807, 2.05) is 42.2 Å². The number of likely N-dealkylation sites (tertiary alicyclic amines) is 1. The van der Waals surface area contributed by atoms with E-state index in [0.717, 1.165) is 61.3 Å². The predicted octanol–water partition coefficient (Wildman–Crippen LogP) is 3.45. The zero-order valence-corrected chi connectivity index (χ0v) is 17.3. The van der Waals surface area contributed by atoms with Crippen LogP contribution in [-0.2, 0) is 11.8 Å². The fourth-order valence-corrected chi connectivity index (χ4v) is 4.99. The zero-order chi connectivity index (χ0) is 20.2. The number of hydrogen-bond acceptors (Lipinski definition) is 4. The average molecular weight is 390 g/mol. The van der Waals surface area contributed by atoms with Gasteiger partial charge in [0.2, 0.25) is 5.95 Å². The fraction of sp³-hybridized carbons (Fsp3) is 0.435. The molecule has 1 spiro atoms. The van der Waals surface area contributed by atoms with Crippen LogP contribution in [0.5, 0.6) is 0 Å². The van der Waals surface area contributed by atoms with Crippen LogP contribution in [0.2, 0.25) is 0 Å². The highest BCUT2D eigenvalue weighted by atomic mass is 16.2. The lowest BCUT2D eigenvalue weighted by atomic mass is 9.77. The number of benzene rings is 1. The number of carbonyl (C=O) groups is 1. The van der Waals surface area contributed by atoms with Crippen LogP contribution in [0, 0.1) is 6.92 Å². The van der Waals surface area contributed by atoms with Gasteiger partial charge in [-0.2, -0.15) is 0 Å². The van der Waals surface area contributed by atoms with Gasteiger partial charge in [-0.3, -0.25) is 4.79 Å². The fourth-order valence-electron chi connectivity index (χ4n) is 4.99. The highest BCUT2D eigenvalue weighted by Crippen LogP contribution is 2.44. The van der Waals surface area contributed by atoms with Gasteiger partial charge in [-0.15, -0.1) is 0 Å². The third-order valence-electron chi connectivity index (χ3n) is 6.50. The van der Waals surface area contributed by atoms with E-state index >= 15 is 0 Å². The number of amides is 1. The molecule has 1 atom stereocenters. The molecule has 6 nitrogen and oxygen atoms in total. The number of hydrogen-bond donors (Lipinski definition) is 1. The summed E-state index contributed by atoms with van der Waals surface area (Å²) in [5, 5.41) is 1.09. The van der Waals surface area contributed by atoms with E-state index in [1.165, 1.54) is 11.1 Å². The zero-order valence-electron chi connectivity index (χ0n) is 17.3. The summed E-state index contributed by atoms with van der Waals surface area (Å²) < 4.78 is 0. The van der Waals surface area contributed by atoms with E-state index < -0.39 is 0 Å². The van der Waals surface area contributed by atoms with Crippen LogP contribution in [0.4, 0.5) is 5.95 Å². The number of fused-ring (bicyclic) bond motifs is 3. The lowest BCUT2D eigenvalue weighted by molar-refractivity contribution is 0.0628. The number of aromatic amines is 1. The summed E-state index contributed by atoms with van der Waals surface area (Å²) in [6.07, 6.45) is 6.11. The van der Waals surface area contributed by atoms with Crippen molar-refractivity contribution < 1.29 is 4.79 Å². The first-order chi connectivity index (χ1) is 13.9. The molecule has 150 valence electrons. The minimum atomic E-state index is -0.0421. The average Bonchev–Trinajstić information content (AvgIpc) is 3.29. The highest BCUT2D eigenvalue weighted by Gasteiger charge is 2.45. The summed E-state index contributed by atoms with van der Waals surface area (Å²) in [5.74, 6) is 0.840. The first-order valence-corrected chi connectivity index (χ1v) is 10.4. The van der Waals surface area contributed by atoms with Gasteiger partial charge in [0.25, 0.3) is 5.91 Å². The molecule has 0 bridgehead atoms. The smallest absolute Gasteiger partial charge is 0.270 e. The summed E-state index contributed by atoms with van der Waals surface area (Å²) >= 11 is 0. The maximum Gasteiger partial charge on any atom is 0.270 e. The minimum absolute atomic E-state index is 0.0421. The topological polar surface area (TPSA) is 65.1 Å². The third kappa shape index (κ3) is 2.98. The Balaban J connectivity index is 1.45. The summed E-state index contributed by atoms with van der Waals surface area (Å²) in [4.78, 5) is 30.0. The van der Waals surface area contributed by atoms with E-state index in [2.05, 4.69) is 29.0 Å².